The number of ether oxygens (including phenoxy) is 1. The maximum Gasteiger partial charge on any atom is 0.260 e. The highest BCUT2D eigenvalue weighted by atomic mass is 16.5. The summed E-state index contributed by atoms with van der Waals surface area (Å²) < 4.78 is 5.80. The lowest BCUT2D eigenvalue weighted by Crippen LogP contribution is -2.53. The zero-order valence-corrected chi connectivity index (χ0v) is 17.0. The lowest BCUT2D eigenvalue weighted by molar-refractivity contribution is -0.145. The van der Waals surface area contributed by atoms with Gasteiger partial charge in [0, 0.05) is 31.6 Å². The quantitative estimate of drug-likeness (QED) is 0.828. The molecule has 26 heavy (non-hydrogen) atoms. The van der Waals surface area contributed by atoms with Crippen molar-refractivity contribution in [3.05, 3.63) is 29.3 Å². The van der Waals surface area contributed by atoms with Gasteiger partial charge in [0.25, 0.3) is 5.91 Å². The fourth-order valence-electron chi connectivity index (χ4n) is 3.00. The van der Waals surface area contributed by atoms with E-state index in [-0.39, 0.29) is 23.8 Å². The summed E-state index contributed by atoms with van der Waals surface area (Å²) in [6.07, 6.45) is 0. The predicted molar refractivity (Wildman–Crippen MR) is 103 cm³/mol. The van der Waals surface area contributed by atoms with Crippen LogP contribution in [-0.4, -0.2) is 54.4 Å². The van der Waals surface area contributed by atoms with E-state index in [2.05, 4.69) is 19.9 Å². The third-order valence-electron chi connectivity index (χ3n) is 4.79. The Kier molecular flexibility index (Phi) is 6.32. The number of hydrogen-bond donors (Lipinski definition) is 0. The Morgan fingerprint density at radius 1 is 1.08 bits per heavy atom. The van der Waals surface area contributed by atoms with Gasteiger partial charge in [0.1, 0.15) is 5.75 Å². The maximum atomic E-state index is 12.5. The number of rotatable bonds is 4. The van der Waals surface area contributed by atoms with Crippen molar-refractivity contribution >= 4 is 11.8 Å². The molecular weight excluding hydrogens is 328 g/mol. The lowest BCUT2D eigenvalue weighted by Gasteiger charge is -2.37. The number of piperazine rings is 1. The van der Waals surface area contributed by atoms with Crippen LogP contribution in [0.1, 0.15) is 51.7 Å². The van der Waals surface area contributed by atoms with Gasteiger partial charge in [-0.05, 0) is 30.0 Å². The van der Waals surface area contributed by atoms with Crippen LogP contribution in [0.25, 0.3) is 0 Å². The molecule has 0 saturated carbocycles. The average Bonchev–Trinajstić information content (AvgIpc) is 2.59. The second-order valence-electron chi connectivity index (χ2n) is 8.39. The summed E-state index contributed by atoms with van der Waals surface area (Å²) in [5.41, 5.74) is 1.85. The molecule has 0 unspecified atom stereocenters. The molecule has 144 valence electrons. The SMILES string of the molecule is Cc1ccc(C(C)C)cc1OCC(=O)N1CCN(C(=O)C(C)(C)C)CC1. The Balaban J connectivity index is 1.88. The van der Waals surface area contributed by atoms with E-state index in [4.69, 9.17) is 4.74 Å². The standard InChI is InChI=1S/C21H32N2O3/c1-15(2)17-8-7-16(3)18(13-17)26-14-19(24)22-9-11-23(12-10-22)20(25)21(4,5)6/h7-8,13,15H,9-12,14H2,1-6H3. The van der Waals surface area contributed by atoms with Crippen LogP contribution in [0.15, 0.2) is 18.2 Å². The van der Waals surface area contributed by atoms with Crippen LogP contribution in [0.4, 0.5) is 0 Å². The fraction of sp³-hybridized carbons (Fsp3) is 0.619. The van der Waals surface area contributed by atoms with Gasteiger partial charge in [-0.2, -0.15) is 0 Å². The summed E-state index contributed by atoms with van der Waals surface area (Å²) in [7, 11) is 0. The van der Waals surface area contributed by atoms with Crippen molar-refractivity contribution in [2.75, 3.05) is 32.8 Å². The minimum atomic E-state index is -0.381. The number of carbonyl (C=O) groups excluding carboxylic acids is 2. The van der Waals surface area contributed by atoms with Crippen LogP contribution in [0.5, 0.6) is 5.75 Å². The van der Waals surface area contributed by atoms with Gasteiger partial charge in [-0.25, -0.2) is 0 Å². The molecule has 0 spiro atoms. The van der Waals surface area contributed by atoms with Crippen LogP contribution in [0.2, 0.25) is 0 Å². The summed E-state index contributed by atoms with van der Waals surface area (Å²) in [5.74, 6) is 1.30. The molecule has 0 bridgehead atoms. The molecule has 5 heteroatoms. The maximum absolute atomic E-state index is 12.5. The molecule has 1 aliphatic rings. The van der Waals surface area contributed by atoms with Gasteiger partial charge in [0.05, 0.1) is 0 Å². The Bertz CT molecular complexity index is 654. The number of hydrogen-bond acceptors (Lipinski definition) is 3. The van der Waals surface area contributed by atoms with E-state index in [1.54, 1.807) is 4.90 Å². The van der Waals surface area contributed by atoms with Crippen LogP contribution in [0, 0.1) is 12.3 Å². The third-order valence-corrected chi connectivity index (χ3v) is 4.79. The molecule has 1 saturated heterocycles. The smallest absolute Gasteiger partial charge is 0.260 e. The zero-order valence-electron chi connectivity index (χ0n) is 17.0. The molecule has 1 aromatic rings. The number of aryl methyl sites for hydroxylation is 1. The third kappa shape index (κ3) is 4.99. The first-order valence-electron chi connectivity index (χ1n) is 9.40. The Morgan fingerprint density at radius 3 is 2.19 bits per heavy atom. The van der Waals surface area contributed by atoms with Crippen molar-refractivity contribution in [1.82, 2.24) is 9.80 Å². The van der Waals surface area contributed by atoms with Crippen molar-refractivity contribution in [3.8, 4) is 5.75 Å². The summed E-state index contributed by atoms with van der Waals surface area (Å²) in [6, 6.07) is 6.15. The number of amides is 2. The van der Waals surface area contributed by atoms with E-state index in [0.717, 1.165) is 11.3 Å². The molecule has 0 atom stereocenters. The van der Waals surface area contributed by atoms with E-state index in [1.165, 1.54) is 5.56 Å². The predicted octanol–water partition coefficient (Wildman–Crippen LogP) is 3.21. The first kappa shape index (κ1) is 20.3. The van der Waals surface area contributed by atoms with Gasteiger partial charge < -0.3 is 14.5 Å². The Labute approximate surface area is 157 Å². The largest absolute Gasteiger partial charge is 0.483 e. The van der Waals surface area contributed by atoms with Crippen LogP contribution < -0.4 is 4.74 Å². The monoisotopic (exact) mass is 360 g/mol. The number of benzene rings is 1. The minimum absolute atomic E-state index is 0.0257. The molecule has 1 aromatic carbocycles. The van der Waals surface area contributed by atoms with E-state index in [9.17, 15) is 9.59 Å². The van der Waals surface area contributed by atoms with E-state index >= 15 is 0 Å². The molecule has 1 heterocycles. The average molecular weight is 360 g/mol. The molecule has 0 N–H and O–H groups in total. The van der Waals surface area contributed by atoms with Crippen LogP contribution >= 0.6 is 0 Å². The van der Waals surface area contributed by atoms with Gasteiger partial charge in [-0.15, -0.1) is 0 Å². The van der Waals surface area contributed by atoms with Crippen LogP contribution in [-0.2, 0) is 9.59 Å². The second kappa shape index (κ2) is 8.11. The zero-order chi connectivity index (χ0) is 19.5. The molecule has 2 rings (SSSR count). The Morgan fingerprint density at radius 2 is 1.65 bits per heavy atom. The number of carbonyl (C=O) groups is 2. The normalized spacial score (nSPS) is 15.3. The van der Waals surface area contributed by atoms with Crippen molar-refractivity contribution in [2.24, 2.45) is 5.41 Å². The molecule has 2 amide bonds. The summed E-state index contributed by atoms with van der Waals surface area (Å²) in [5, 5.41) is 0. The Hall–Kier alpha value is -2.04. The van der Waals surface area contributed by atoms with E-state index < -0.39 is 0 Å². The van der Waals surface area contributed by atoms with Gasteiger partial charge in [-0.1, -0.05) is 46.8 Å². The van der Waals surface area contributed by atoms with E-state index in [1.807, 2.05) is 44.7 Å². The topological polar surface area (TPSA) is 49.9 Å². The minimum Gasteiger partial charge on any atom is -0.483 e. The van der Waals surface area contributed by atoms with Gasteiger partial charge in [0.2, 0.25) is 5.91 Å². The summed E-state index contributed by atoms with van der Waals surface area (Å²) in [6.45, 7) is 14.4. The molecule has 0 aliphatic carbocycles. The lowest BCUT2D eigenvalue weighted by atomic mass is 9.94. The van der Waals surface area contributed by atoms with Crippen molar-refractivity contribution < 1.29 is 14.3 Å². The van der Waals surface area contributed by atoms with Gasteiger partial charge in [0.15, 0.2) is 6.61 Å². The molecule has 5 nitrogen and oxygen atoms in total. The van der Waals surface area contributed by atoms with Gasteiger partial charge in [-0.3, -0.25) is 9.59 Å². The number of nitrogens with zero attached hydrogens (tertiary/aromatic N) is 2. The van der Waals surface area contributed by atoms with Crippen molar-refractivity contribution in [2.45, 2.75) is 47.5 Å². The van der Waals surface area contributed by atoms with E-state index in [0.29, 0.717) is 32.1 Å². The first-order chi connectivity index (χ1) is 12.1. The summed E-state index contributed by atoms with van der Waals surface area (Å²) >= 11 is 0. The van der Waals surface area contributed by atoms with Gasteiger partial charge >= 0.3 is 0 Å². The molecular formula is C21H32N2O3. The second-order valence-corrected chi connectivity index (χ2v) is 8.39. The van der Waals surface area contributed by atoms with Crippen LogP contribution in [0.3, 0.4) is 0 Å². The molecule has 0 aromatic heterocycles. The molecule has 0 radical (unpaired) electrons. The molecule has 1 fully saturated rings. The fourth-order valence-corrected chi connectivity index (χ4v) is 3.00. The highest BCUT2D eigenvalue weighted by Gasteiger charge is 2.30. The highest BCUT2D eigenvalue weighted by molar-refractivity contribution is 5.82. The molecule has 1 aliphatic heterocycles. The highest BCUT2D eigenvalue weighted by Crippen LogP contribution is 2.24. The van der Waals surface area contributed by atoms with Crippen molar-refractivity contribution in [3.63, 3.8) is 0 Å². The first-order valence-corrected chi connectivity index (χ1v) is 9.40. The van der Waals surface area contributed by atoms with Crippen molar-refractivity contribution in [1.29, 1.82) is 0 Å². The summed E-state index contributed by atoms with van der Waals surface area (Å²) in [4.78, 5) is 28.4.